The van der Waals surface area contributed by atoms with E-state index in [1.807, 2.05) is 29.2 Å². The molecule has 3 saturated heterocycles. The van der Waals surface area contributed by atoms with E-state index in [0.29, 0.717) is 80.2 Å². The molecule has 4 aliphatic rings. The number of phenolic OH excluding ortho intramolecular Hbond substituents is 1. The first-order valence-corrected chi connectivity index (χ1v) is 19.4. The summed E-state index contributed by atoms with van der Waals surface area (Å²) in [6.07, 6.45) is 2.58. The minimum atomic E-state index is -1.06. The van der Waals surface area contributed by atoms with Crippen molar-refractivity contribution in [3.05, 3.63) is 56.5 Å². The maximum absolute atomic E-state index is 14.1. The Labute approximate surface area is 315 Å². The number of ether oxygens (including phenoxy) is 1. The first-order chi connectivity index (χ1) is 24.5. The molecule has 4 amide bonds. The Bertz CT molecular complexity index is 1570. The van der Waals surface area contributed by atoms with Crippen molar-refractivity contribution in [1.82, 2.24) is 24.5 Å². The second kappa shape index (κ2) is 17.0. The van der Waals surface area contributed by atoms with Crippen molar-refractivity contribution in [2.45, 2.75) is 63.1 Å². The number of carboxylic acid groups (broad SMARTS) is 1. The van der Waals surface area contributed by atoms with E-state index in [1.165, 1.54) is 0 Å². The molecule has 15 heteroatoms. The van der Waals surface area contributed by atoms with Gasteiger partial charge in [-0.2, -0.15) is 0 Å². The van der Waals surface area contributed by atoms with Gasteiger partial charge in [-0.15, -0.1) is 0 Å². The Kier molecular flexibility index (Phi) is 12.4. The van der Waals surface area contributed by atoms with E-state index in [-0.39, 0.29) is 36.6 Å². The number of para-hydroxylation sites is 1. The molecular formula is C36H46Br2N6O7. The van der Waals surface area contributed by atoms with E-state index in [1.54, 1.807) is 21.9 Å². The lowest BCUT2D eigenvalue weighted by Gasteiger charge is -2.43. The van der Waals surface area contributed by atoms with Crippen molar-refractivity contribution in [2.24, 2.45) is 0 Å². The average molecular weight is 835 g/mol. The largest absolute Gasteiger partial charge is 0.506 e. The zero-order chi connectivity index (χ0) is 36.1. The Hall–Kier alpha value is -3.40. The number of aromatic hydroxyl groups is 1. The summed E-state index contributed by atoms with van der Waals surface area (Å²) in [5, 5.41) is 22.3. The van der Waals surface area contributed by atoms with E-state index < -0.39 is 18.2 Å². The van der Waals surface area contributed by atoms with Gasteiger partial charge in [0.25, 0.3) is 5.91 Å². The molecule has 0 spiro atoms. The van der Waals surface area contributed by atoms with E-state index >= 15 is 0 Å². The van der Waals surface area contributed by atoms with Crippen LogP contribution in [0.2, 0.25) is 0 Å². The van der Waals surface area contributed by atoms with E-state index in [2.05, 4.69) is 47.0 Å². The standard InChI is InChI=1S/C36H46Br2N6O7/c37-28-21-24(22-29(38)33(28)47)23-31(34(48)42-19-17-41(18-20-42)26-6-11-40(12-7-26)13-10-32(45)46)51-36(50)43-14-8-27(9-15-43)44-16-5-25-3-1-2-4-30(25)39-35(44)49/h1-4,21-22,26-27,31,47H,5-20,23H2,(H,39,49)(H,45,46). The summed E-state index contributed by atoms with van der Waals surface area (Å²) in [4.78, 5) is 61.7. The molecule has 4 aliphatic heterocycles. The third kappa shape index (κ3) is 9.34. The number of piperidine rings is 2. The van der Waals surface area contributed by atoms with Gasteiger partial charge in [-0.05, 0) is 106 Å². The molecule has 3 N–H and O–H groups in total. The van der Waals surface area contributed by atoms with Gasteiger partial charge in [-0.3, -0.25) is 14.5 Å². The molecule has 4 heterocycles. The fourth-order valence-electron chi connectivity index (χ4n) is 7.70. The lowest BCUT2D eigenvalue weighted by molar-refractivity contribution is -0.143. The first-order valence-electron chi connectivity index (χ1n) is 17.8. The van der Waals surface area contributed by atoms with Crippen LogP contribution < -0.4 is 5.32 Å². The fourth-order valence-corrected chi connectivity index (χ4v) is 8.98. The highest BCUT2D eigenvalue weighted by Crippen LogP contribution is 2.34. The van der Waals surface area contributed by atoms with Crippen LogP contribution in [0, 0.1) is 0 Å². The first kappa shape index (κ1) is 37.4. The number of piperazine rings is 1. The zero-order valence-electron chi connectivity index (χ0n) is 28.6. The van der Waals surface area contributed by atoms with Crippen molar-refractivity contribution in [1.29, 1.82) is 0 Å². The molecule has 0 aromatic heterocycles. The Morgan fingerprint density at radius 1 is 0.863 bits per heavy atom. The number of amides is 4. The van der Waals surface area contributed by atoms with Gasteiger partial charge in [0.1, 0.15) is 5.75 Å². The van der Waals surface area contributed by atoms with Crippen LogP contribution in [0.1, 0.15) is 43.2 Å². The molecule has 2 aromatic rings. The van der Waals surface area contributed by atoms with Gasteiger partial charge < -0.3 is 39.9 Å². The normalized spacial score (nSPS) is 20.4. The molecule has 0 saturated carbocycles. The second-order valence-corrected chi connectivity index (χ2v) is 15.5. The molecule has 13 nitrogen and oxygen atoms in total. The molecule has 51 heavy (non-hydrogen) atoms. The summed E-state index contributed by atoms with van der Waals surface area (Å²) in [6, 6.07) is 11.5. The van der Waals surface area contributed by atoms with Crippen LogP contribution in [-0.2, 0) is 27.2 Å². The maximum Gasteiger partial charge on any atom is 0.410 e. The minimum Gasteiger partial charge on any atom is -0.506 e. The lowest BCUT2D eigenvalue weighted by atomic mass is 10.0. The highest BCUT2D eigenvalue weighted by molar-refractivity contribution is 9.11. The predicted octanol–water partition coefficient (Wildman–Crippen LogP) is 4.60. The van der Waals surface area contributed by atoms with Crippen LogP contribution in [0.3, 0.4) is 0 Å². The van der Waals surface area contributed by atoms with Crippen molar-refractivity contribution < 1.29 is 34.1 Å². The molecule has 6 rings (SSSR count). The second-order valence-electron chi connectivity index (χ2n) is 13.8. The van der Waals surface area contributed by atoms with E-state index in [4.69, 9.17) is 9.84 Å². The summed E-state index contributed by atoms with van der Waals surface area (Å²) < 4.78 is 6.96. The van der Waals surface area contributed by atoms with Gasteiger partial charge in [-0.25, -0.2) is 9.59 Å². The van der Waals surface area contributed by atoms with E-state index in [0.717, 1.165) is 49.2 Å². The molecule has 0 radical (unpaired) electrons. The third-order valence-corrected chi connectivity index (χ3v) is 11.9. The van der Waals surface area contributed by atoms with Crippen LogP contribution >= 0.6 is 31.9 Å². The monoisotopic (exact) mass is 832 g/mol. The minimum absolute atomic E-state index is 0.0132. The van der Waals surface area contributed by atoms with Gasteiger partial charge in [-0.1, -0.05) is 18.2 Å². The number of hydrogen-bond donors (Lipinski definition) is 3. The highest BCUT2D eigenvalue weighted by atomic mass is 79.9. The van der Waals surface area contributed by atoms with E-state index in [9.17, 15) is 24.3 Å². The molecule has 0 aliphatic carbocycles. The number of rotatable bonds is 9. The maximum atomic E-state index is 14.1. The number of carboxylic acids is 1. The number of carbonyl (C=O) groups is 4. The summed E-state index contributed by atoms with van der Waals surface area (Å²) in [5.74, 6) is -0.975. The number of hydrogen-bond acceptors (Lipinski definition) is 8. The van der Waals surface area contributed by atoms with Crippen LogP contribution in [0.15, 0.2) is 45.3 Å². The number of fused-ring (bicyclic) bond motifs is 1. The number of phenols is 1. The zero-order valence-corrected chi connectivity index (χ0v) is 31.8. The number of urea groups is 1. The topological polar surface area (TPSA) is 146 Å². The predicted molar refractivity (Wildman–Crippen MR) is 198 cm³/mol. The number of nitrogens with zero attached hydrogens (tertiary/aromatic N) is 5. The number of likely N-dealkylation sites (tertiary alicyclic amines) is 2. The molecular weight excluding hydrogens is 788 g/mol. The number of carbonyl (C=O) groups excluding carboxylic acids is 3. The van der Waals surface area contributed by atoms with Crippen LogP contribution in [0.25, 0.3) is 0 Å². The molecule has 3 fully saturated rings. The molecule has 0 bridgehead atoms. The summed E-state index contributed by atoms with van der Waals surface area (Å²) >= 11 is 6.75. The van der Waals surface area contributed by atoms with Crippen LogP contribution in [-0.4, -0.2) is 142 Å². The average Bonchev–Trinajstić information content (AvgIpc) is 3.30. The number of anilines is 1. The molecule has 1 unspecified atom stereocenters. The summed E-state index contributed by atoms with van der Waals surface area (Å²) in [6.45, 7) is 6.18. The lowest BCUT2D eigenvalue weighted by Crippen LogP contribution is -2.56. The summed E-state index contributed by atoms with van der Waals surface area (Å²) in [7, 11) is 0. The number of benzene rings is 2. The molecule has 2 aromatic carbocycles. The van der Waals surface area contributed by atoms with Crippen molar-refractivity contribution in [3.63, 3.8) is 0 Å². The Balaban J connectivity index is 1.05. The fraction of sp³-hybridized carbons (Fsp3) is 0.556. The van der Waals surface area contributed by atoms with Gasteiger partial charge in [0.2, 0.25) is 0 Å². The number of halogens is 2. The highest BCUT2D eigenvalue weighted by Gasteiger charge is 2.36. The quantitative estimate of drug-likeness (QED) is 0.330. The van der Waals surface area contributed by atoms with Crippen LogP contribution in [0.4, 0.5) is 15.3 Å². The van der Waals surface area contributed by atoms with Gasteiger partial charge in [0.15, 0.2) is 6.10 Å². The van der Waals surface area contributed by atoms with Crippen molar-refractivity contribution in [2.75, 3.05) is 70.8 Å². The third-order valence-electron chi connectivity index (χ3n) is 10.7. The Morgan fingerprint density at radius 2 is 1.51 bits per heavy atom. The summed E-state index contributed by atoms with van der Waals surface area (Å²) in [5.41, 5.74) is 2.67. The SMILES string of the molecule is O=C(O)CCN1CCC(N2CCN(C(=O)C(Cc3cc(Br)c(O)c(Br)c3)OC(=O)N3CCC(N4CCc5ccccc5NC4=O)CC3)CC2)CC1. The smallest absolute Gasteiger partial charge is 0.410 e. The van der Waals surface area contributed by atoms with Crippen molar-refractivity contribution >= 4 is 61.5 Å². The van der Waals surface area contributed by atoms with Gasteiger partial charge in [0.05, 0.1) is 15.4 Å². The molecule has 1 atom stereocenters. The van der Waals surface area contributed by atoms with Crippen molar-refractivity contribution in [3.8, 4) is 5.75 Å². The molecule has 276 valence electrons. The van der Waals surface area contributed by atoms with Gasteiger partial charge >= 0.3 is 18.1 Å². The Morgan fingerprint density at radius 3 is 2.18 bits per heavy atom. The van der Waals surface area contributed by atoms with Gasteiger partial charge in [0, 0.05) is 76.5 Å². The number of nitrogens with one attached hydrogen (secondary N) is 1. The number of aliphatic carboxylic acids is 1. The van der Waals surface area contributed by atoms with Crippen LogP contribution in [0.5, 0.6) is 5.75 Å².